The molecule has 1 aliphatic heterocycles. The lowest BCUT2D eigenvalue weighted by Crippen LogP contribution is -2.43. The molecule has 1 aromatic rings. The molecule has 1 fully saturated rings. The minimum atomic E-state index is -0.0894. The number of benzene rings is 1. The average Bonchev–Trinajstić information content (AvgIpc) is 2.65. The third kappa shape index (κ3) is 5.85. The molecule has 0 unspecified atom stereocenters. The van der Waals surface area contributed by atoms with Crippen LogP contribution in [0.1, 0.15) is 49.9 Å². The predicted octanol–water partition coefficient (Wildman–Crippen LogP) is 2.45. The van der Waals surface area contributed by atoms with Crippen molar-refractivity contribution in [2.75, 3.05) is 26.2 Å². The van der Waals surface area contributed by atoms with Crippen LogP contribution in [0.3, 0.4) is 0 Å². The molecule has 1 saturated heterocycles. The van der Waals surface area contributed by atoms with Crippen LogP contribution in [0.15, 0.2) is 30.3 Å². The molecule has 0 saturated carbocycles. The van der Waals surface area contributed by atoms with Gasteiger partial charge >= 0.3 is 0 Å². The van der Waals surface area contributed by atoms with Crippen molar-refractivity contribution in [3.63, 3.8) is 0 Å². The van der Waals surface area contributed by atoms with Gasteiger partial charge in [-0.1, -0.05) is 32.0 Å². The van der Waals surface area contributed by atoms with Crippen molar-refractivity contribution in [2.45, 2.75) is 39.5 Å². The van der Waals surface area contributed by atoms with E-state index < -0.39 is 0 Å². The van der Waals surface area contributed by atoms with Gasteiger partial charge in [0.15, 0.2) is 0 Å². The molecular weight excluding hydrogens is 316 g/mol. The van der Waals surface area contributed by atoms with Crippen LogP contribution < -0.4 is 5.32 Å². The van der Waals surface area contributed by atoms with Crippen LogP contribution in [0.5, 0.6) is 0 Å². The van der Waals surface area contributed by atoms with Crippen LogP contribution in [0.2, 0.25) is 0 Å². The molecule has 138 valence electrons. The lowest BCUT2D eigenvalue weighted by Gasteiger charge is -2.31. The minimum Gasteiger partial charge on any atom is -0.396 e. The average molecular weight is 346 g/mol. The predicted molar refractivity (Wildman–Crippen MR) is 98.2 cm³/mol. The van der Waals surface area contributed by atoms with E-state index in [0.29, 0.717) is 38.0 Å². The van der Waals surface area contributed by atoms with Gasteiger partial charge in [0, 0.05) is 37.7 Å². The van der Waals surface area contributed by atoms with E-state index in [9.17, 15) is 14.7 Å². The fraction of sp³-hybridized carbons (Fsp3) is 0.600. The molecule has 2 N–H and O–H groups in total. The summed E-state index contributed by atoms with van der Waals surface area (Å²) in [7, 11) is 0. The third-order valence-corrected chi connectivity index (χ3v) is 4.93. The summed E-state index contributed by atoms with van der Waals surface area (Å²) in [5, 5.41) is 12.2. The summed E-state index contributed by atoms with van der Waals surface area (Å²) in [5.41, 5.74) is 0.616. The lowest BCUT2D eigenvalue weighted by molar-refractivity contribution is -0.126. The molecule has 0 aliphatic carbocycles. The first kappa shape index (κ1) is 19.4. The highest BCUT2D eigenvalue weighted by Crippen LogP contribution is 2.21. The van der Waals surface area contributed by atoms with Gasteiger partial charge in [-0.25, -0.2) is 0 Å². The zero-order chi connectivity index (χ0) is 18.3. The number of amides is 2. The molecule has 0 spiro atoms. The number of hydrogen-bond donors (Lipinski definition) is 2. The second-order valence-corrected chi connectivity index (χ2v) is 7.65. The molecule has 2 amide bonds. The normalized spacial score (nSPS) is 15.9. The van der Waals surface area contributed by atoms with E-state index in [-0.39, 0.29) is 29.8 Å². The van der Waals surface area contributed by atoms with E-state index in [2.05, 4.69) is 5.32 Å². The first-order valence-electron chi connectivity index (χ1n) is 9.16. The second-order valence-electron chi connectivity index (χ2n) is 7.65. The summed E-state index contributed by atoms with van der Waals surface area (Å²) in [5.74, 6) is 0.130. The Bertz CT molecular complexity index is 564. The van der Waals surface area contributed by atoms with Gasteiger partial charge < -0.3 is 15.3 Å². The third-order valence-electron chi connectivity index (χ3n) is 4.93. The van der Waals surface area contributed by atoms with Crippen molar-refractivity contribution in [1.82, 2.24) is 10.2 Å². The summed E-state index contributed by atoms with van der Waals surface area (Å²) in [6.45, 7) is 6.11. The van der Waals surface area contributed by atoms with Crippen molar-refractivity contribution in [3.05, 3.63) is 35.9 Å². The molecule has 5 nitrogen and oxygen atoms in total. The van der Waals surface area contributed by atoms with Gasteiger partial charge in [0.25, 0.3) is 5.91 Å². The summed E-state index contributed by atoms with van der Waals surface area (Å²) in [6, 6.07) is 9.29. The van der Waals surface area contributed by atoms with Gasteiger partial charge in [0.2, 0.25) is 5.91 Å². The van der Waals surface area contributed by atoms with Crippen LogP contribution in [0, 0.1) is 11.3 Å². The number of piperidine rings is 1. The van der Waals surface area contributed by atoms with Gasteiger partial charge in [-0.3, -0.25) is 9.59 Å². The van der Waals surface area contributed by atoms with Crippen LogP contribution >= 0.6 is 0 Å². The molecule has 0 atom stereocenters. The van der Waals surface area contributed by atoms with Crippen LogP contribution in [-0.4, -0.2) is 48.1 Å². The summed E-state index contributed by atoms with van der Waals surface area (Å²) < 4.78 is 0. The smallest absolute Gasteiger partial charge is 0.253 e. The molecule has 0 bridgehead atoms. The summed E-state index contributed by atoms with van der Waals surface area (Å²) >= 11 is 0. The van der Waals surface area contributed by atoms with Crippen LogP contribution in [0.25, 0.3) is 0 Å². The number of hydrogen-bond acceptors (Lipinski definition) is 3. The molecule has 0 radical (unpaired) electrons. The number of nitrogens with one attached hydrogen (secondary N) is 1. The first-order valence-corrected chi connectivity index (χ1v) is 9.16. The van der Waals surface area contributed by atoms with E-state index in [1.54, 1.807) is 0 Å². The Morgan fingerprint density at radius 2 is 1.84 bits per heavy atom. The first-order chi connectivity index (χ1) is 11.9. The molecule has 1 aliphatic rings. The van der Waals surface area contributed by atoms with Crippen molar-refractivity contribution in [2.24, 2.45) is 11.3 Å². The Kier molecular flexibility index (Phi) is 7.00. The van der Waals surface area contributed by atoms with E-state index in [1.807, 2.05) is 49.1 Å². The number of nitrogens with zero attached hydrogens (tertiary/aromatic N) is 1. The highest BCUT2D eigenvalue weighted by molar-refractivity contribution is 5.94. The van der Waals surface area contributed by atoms with Crippen molar-refractivity contribution < 1.29 is 14.7 Å². The number of rotatable bonds is 7. The molecule has 1 aromatic carbocycles. The highest BCUT2D eigenvalue weighted by atomic mass is 16.3. The van der Waals surface area contributed by atoms with Gasteiger partial charge in [0.1, 0.15) is 0 Å². The van der Waals surface area contributed by atoms with Gasteiger partial charge in [-0.05, 0) is 43.2 Å². The molecule has 25 heavy (non-hydrogen) atoms. The maximum absolute atomic E-state index is 12.4. The highest BCUT2D eigenvalue weighted by Gasteiger charge is 2.27. The van der Waals surface area contributed by atoms with E-state index in [4.69, 9.17) is 0 Å². The Morgan fingerprint density at radius 3 is 2.44 bits per heavy atom. The van der Waals surface area contributed by atoms with E-state index in [0.717, 1.165) is 12.8 Å². The van der Waals surface area contributed by atoms with Crippen molar-refractivity contribution in [1.29, 1.82) is 0 Å². The number of carbonyl (C=O) groups excluding carboxylic acids is 2. The molecule has 0 aromatic heterocycles. The van der Waals surface area contributed by atoms with Crippen molar-refractivity contribution in [3.8, 4) is 0 Å². The number of aliphatic hydroxyl groups is 1. The zero-order valence-corrected chi connectivity index (χ0v) is 15.3. The summed E-state index contributed by atoms with van der Waals surface area (Å²) in [6.07, 6.45) is 3.18. The second kappa shape index (κ2) is 8.99. The minimum absolute atomic E-state index is 0.00863. The van der Waals surface area contributed by atoms with Gasteiger partial charge in [-0.15, -0.1) is 0 Å². The Hall–Kier alpha value is -1.88. The SMILES string of the molecule is CC(C)(CO)CCCNC(=O)C1CCN(C(=O)c2ccccc2)CC1. The maximum Gasteiger partial charge on any atom is 0.253 e. The zero-order valence-electron chi connectivity index (χ0n) is 15.3. The van der Waals surface area contributed by atoms with E-state index >= 15 is 0 Å². The van der Waals surface area contributed by atoms with Crippen molar-refractivity contribution >= 4 is 11.8 Å². The van der Waals surface area contributed by atoms with Gasteiger partial charge in [0.05, 0.1) is 0 Å². The molecular formula is C20H30N2O3. The fourth-order valence-electron chi connectivity index (χ4n) is 3.11. The largest absolute Gasteiger partial charge is 0.396 e. The summed E-state index contributed by atoms with van der Waals surface area (Å²) in [4.78, 5) is 26.5. The quantitative estimate of drug-likeness (QED) is 0.745. The molecule has 5 heteroatoms. The Balaban J connectivity index is 1.71. The maximum atomic E-state index is 12.4. The number of likely N-dealkylation sites (tertiary alicyclic amines) is 1. The van der Waals surface area contributed by atoms with Gasteiger partial charge in [-0.2, -0.15) is 0 Å². The Labute approximate surface area is 150 Å². The molecule has 1 heterocycles. The van der Waals surface area contributed by atoms with Crippen LogP contribution in [0.4, 0.5) is 0 Å². The topological polar surface area (TPSA) is 69.6 Å². The van der Waals surface area contributed by atoms with E-state index in [1.165, 1.54) is 0 Å². The lowest BCUT2D eigenvalue weighted by atomic mass is 9.89. The monoisotopic (exact) mass is 346 g/mol. The number of aliphatic hydroxyl groups excluding tert-OH is 1. The number of carbonyl (C=O) groups is 2. The van der Waals surface area contributed by atoms with Crippen LogP contribution in [-0.2, 0) is 4.79 Å². The Morgan fingerprint density at radius 1 is 1.20 bits per heavy atom. The molecule has 2 rings (SSSR count). The standard InChI is InChI=1S/C20H30N2O3/c1-20(2,15-23)11-6-12-21-18(24)16-9-13-22(14-10-16)19(25)17-7-4-3-5-8-17/h3-5,7-8,16,23H,6,9-15H2,1-2H3,(H,21,24). The fourth-order valence-corrected chi connectivity index (χ4v) is 3.11.